The van der Waals surface area contributed by atoms with E-state index in [2.05, 4.69) is 10.0 Å². The van der Waals surface area contributed by atoms with Gasteiger partial charge in [0.1, 0.15) is 0 Å². The van der Waals surface area contributed by atoms with E-state index in [-0.39, 0.29) is 4.90 Å². The molecule has 3 aromatic carbocycles. The van der Waals surface area contributed by atoms with Crippen molar-refractivity contribution in [3.05, 3.63) is 89.5 Å². The summed E-state index contributed by atoms with van der Waals surface area (Å²) in [5.74, 6) is -0.398. The van der Waals surface area contributed by atoms with Crippen LogP contribution in [0.15, 0.2) is 77.7 Å². The van der Waals surface area contributed by atoms with Gasteiger partial charge in [-0.2, -0.15) is 5.26 Å². The highest BCUT2D eigenvalue weighted by Gasteiger charge is 2.15. The van der Waals surface area contributed by atoms with Crippen molar-refractivity contribution in [3.8, 4) is 6.07 Å². The molecule has 0 bridgehead atoms. The van der Waals surface area contributed by atoms with Gasteiger partial charge in [0, 0.05) is 16.9 Å². The molecule has 0 heterocycles. The summed E-state index contributed by atoms with van der Waals surface area (Å²) < 4.78 is 27.5. The second kappa shape index (κ2) is 7.94. The minimum Gasteiger partial charge on any atom is -0.322 e. The molecular weight excluding hydrogens is 374 g/mol. The summed E-state index contributed by atoms with van der Waals surface area (Å²) in [6.45, 7) is 1.87. The van der Waals surface area contributed by atoms with Crippen LogP contribution >= 0.6 is 0 Å². The van der Waals surface area contributed by atoms with Crippen LogP contribution in [-0.4, -0.2) is 14.3 Å². The molecule has 0 saturated carbocycles. The van der Waals surface area contributed by atoms with E-state index in [1.165, 1.54) is 24.3 Å². The van der Waals surface area contributed by atoms with Crippen LogP contribution < -0.4 is 10.0 Å². The summed E-state index contributed by atoms with van der Waals surface area (Å²) in [5, 5.41) is 11.6. The van der Waals surface area contributed by atoms with Crippen LogP contribution in [0.3, 0.4) is 0 Å². The van der Waals surface area contributed by atoms with Crippen molar-refractivity contribution in [1.29, 1.82) is 5.26 Å². The Hall–Kier alpha value is -3.63. The lowest BCUT2D eigenvalue weighted by atomic mass is 10.2. The number of benzene rings is 3. The molecule has 3 aromatic rings. The van der Waals surface area contributed by atoms with E-state index in [4.69, 9.17) is 5.26 Å². The first kappa shape index (κ1) is 19.1. The molecule has 0 aliphatic rings. The summed E-state index contributed by atoms with van der Waals surface area (Å²) in [6, 6.07) is 21.2. The Morgan fingerprint density at radius 2 is 1.61 bits per heavy atom. The van der Waals surface area contributed by atoms with Gasteiger partial charge in [-0.25, -0.2) is 8.42 Å². The highest BCUT2D eigenvalue weighted by atomic mass is 32.2. The van der Waals surface area contributed by atoms with Crippen LogP contribution in [0.5, 0.6) is 0 Å². The van der Waals surface area contributed by atoms with Crippen LogP contribution in [0.1, 0.15) is 21.5 Å². The number of rotatable bonds is 5. The Labute approximate surface area is 163 Å². The Kier molecular flexibility index (Phi) is 5.43. The second-order valence-corrected chi connectivity index (χ2v) is 7.83. The third-order valence-electron chi connectivity index (χ3n) is 3.95. The van der Waals surface area contributed by atoms with Crippen molar-refractivity contribution in [1.82, 2.24) is 0 Å². The van der Waals surface area contributed by atoms with Crippen molar-refractivity contribution < 1.29 is 13.2 Å². The zero-order valence-corrected chi connectivity index (χ0v) is 15.8. The maximum absolute atomic E-state index is 12.5. The molecule has 0 aliphatic carbocycles. The van der Waals surface area contributed by atoms with Crippen LogP contribution in [0.25, 0.3) is 0 Å². The molecule has 28 heavy (non-hydrogen) atoms. The van der Waals surface area contributed by atoms with Gasteiger partial charge in [-0.3, -0.25) is 9.52 Å². The Balaban J connectivity index is 1.75. The first-order valence-corrected chi connectivity index (χ1v) is 9.87. The van der Waals surface area contributed by atoms with Crippen molar-refractivity contribution in [2.24, 2.45) is 0 Å². The van der Waals surface area contributed by atoms with Gasteiger partial charge in [-0.05, 0) is 67.1 Å². The molecule has 7 heteroatoms. The summed E-state index contributed by atoms with van der Waals surface area (Å²) in [4.78, 5) is 12.4. The Bertz CT molecular complexity index is 1160. The van der Waals surface area contributed by atoms with Crippen molar-refractivity contribution in [2.75, 3.05) is 10.0 Å². The SMILES string of the molecule is Cc1cccc(NS(=O)(=O)c2ccc(C(=O)Nc3cccc(C#N)c3)cc2)c1. The molecule has 0 atom stereocenters. The molecular formula is C21H17N3O3S. The van der Waals surface area contributed by atoms with Gasteiger partial charge >= 0.3 is 0 Å². The van der Waals surface area contributed by atoms with Crippen molar-refractivity contribution >= 4 is 27.3 Å². The normalized spacial score (nSPS) is 10.7. The standard InChI is InChI=1S/C21H17N3O3S/c1-15-4-2-7-19(12-15)24-28(26,27)20-10-8-17(9-11-20)21(25)23-18-6-3-5-16(13-18)14-22/h2-13,24H,1H3,(H,23,25). The number of amides is 1. The van der Waals surface area contributed by atoms with E-state index in [1.54, 1.807) is 42.5 Å². The average Bonchev–Trinajstić information content (AvgIpc) is 2.68. The van der Waals surface area contributed by atoms with Crippen LogP contribution in [0, 0.1) is 18.3 Å². The van der Waals surface area contributed by atoms with Crippen LogP contribution in [0.4, 0.5) is 11.4 Å². The maximum Gasteiger partial charge on any atom is 0.261 e. The lowest BCUT2D eigenvalue weighted by Crippen LogP contribution is -2.15. The summed E-state index contributed by atoms with van der Waals surface area (Å²) in [5.41, 5.74) is 2.63. The van der Waals surface area contributed by atoms with Gasteiger partial charge in [0.05, 0.1) is 16.5 Å². The van der Waals surface area contributed by atoms with Gasteiger partial charge in [0.15, 0.2) is 0 Å². The second-order valence-electron chi connectivity index (χ2n) is 6.15. The molecule has 0 fully saturated rings. The number of nitriles is 1. The number of hydrogen-bond acceptors (Lipinski definition) is 4. The number of aryl methyl sites for hydroxylation is 1. The quantitative estimate of drug-likeness (QED) is 0.688. The molecule has 3 rings (SSSR count). The Morgan fingerprint density at radius 3 is 2.29 bits per heavy atom. The predicted octanol–water partition coefficient (Wildman–Crippen LogP) is 3.92. The fraction of sp³-hybridized carbons (Fsp3) is 0.0476. The summed E-state index contributed by atoms with van der Waals surface area (Å²) in [7, 11) is -3.76. The fourth-order valence-electron chi connectivity index (χ4n) is 2.58. The number of nitrogens with zero attached hydrogens (tertiary/aromatic N) is 1. The van der Waals surface area contributed by atoms with Gasteiger partial charge in [-0.15, -0.1) is 0 Å². The van der Waals surface area contributed by atoms with E-state index >= 15 is 0 Å². The number of nitrogens with one attached hydrogen (secondary N) is 2. The highest BCUT2D eigenvalue weighted by molar-refractivity contribution is 7.92. The minimum atomic E-state index is -3.76. The lowest BCUT2D eigenvalue weighted by Gasteiger charge is -2.10. The molecule has 0 unspecified atom stereocenters. The molecule has 140 valence electrons. The first-order chi connectivity index (χ1) is 13.4. The lowest BCUT2D eigenvalue weighted by molar-refractivity contribution is 0.102. The molecule has 1 amide bonds. The van der Waals surface area contributed by atoms with Gasteiger partial charge in [-0.1, -0.05) is 18.2 Å². The number of anilines is 2. The third-order valence-corrected chi connectivity index (χ3v) is 5.34. The van der Waals surface area contributed by atoms with E-state index in [9.17, 15) is 13.2 Å². The van der Waals surface area contributed by atoms with E-state index in [0.717, 1.165) is 5.56 Å². The predicted molar refractivity (Wildman–Crippen MR) is 108 cm³/mol. The highest BCUT2D eigenvalue weighted by Crippen LogP contribution is 2.18. The number of carbonyl (C=O) groups excluding carboxylic acids is 1. The molecule has 0 saturated heterocycles. The molecule has 0 spiro atoms. The largest absolute Gasteiger partial charge is 0.322 e. The van der Waals surface area contributed by atoms with Gasteiger partial charge in [0.2, 0.25) is 0 Å². The van der Waals surface area contributed by atoms with Crippen LogP contribution in [-0.2, 0) is 10.0 Å². The van der Waals surface area contributed by atoms with E-state index in [0.29, 0.717) is 22.5 Å². The van der Waals surface area contributed by atoms with Crippen LogP contribution in [0.2, 0.25) is 0 Å². The number of carbonyl (C=O) groups is 1. The first-order valence-electron chi connectivity index (χ1n) is 8.38. The molecule has 0 radical (unpaired) electrons. The topological polar surface area (TPSA) is 99.1 Å². The summed E-state index contributed by atoms with van der Waals surface area (Å²) in [6.07, 6.45) is 0. The maximum atomic E-state index is 12.5. The molecule has 2 N–H and O–H groups in total. The fourth-order valence-corrected chi connectivity index (χ4v) is 3.63. The summed E-state index contributed by atoms with van der Waals surface area (Å²) >= 11 is 0. The smallest absolute Gasteiger partial charge is 0.261 e. The third kappa shape index (κ3) is 4.55. The van der Waals surface area contributed by atoms with E-state index < -0.39 is 15.9 Å². The molecule has 0 aliphatic heterocycles. The number of hydrogen-bond donors (Lipinski definition) is 2. The number of sulfonamides is 1. The zero-order chi connectivity index (χ0) is 20.1. The minimum absolute atomic E-state index is 0.0528. The van der Waals surface area contributed by atoms with Crippen molar-refractivity contribution in [2.45, 2.75) is 11.8 Å². The Morgan fingerprint density at radius 1 is 0.929 bits per heavy atom. The van der Waals surface area contributed by atoms with Gasteiger partial charge in [0.25, 0.3) is 15.9 Å². The van der Waals surface area contributed by atoms with Crippen molar-refractivity contribution in [3.63, 3.8) is 0 Å². The zero-order valence-electron chi connectivity index (χ0n) is 15.0. The average molecular weight is 391 g/mol. The molecule has 6 nitrogen and oxygen atoms in total. The van der Waals surface area contributed by atoms with Gasteiger partial charge < -0.3 is 5.32 Å². The monoisotopic (exact) mass is 391 g/mol. The molecule has 0 aromatic heterocycles. The van der Waals surface area contributed by atoms with E-state index in [1.807, 2.05) is 19.1 Å².